The lowest BCUT2D eigenvalue weighted by Gasteiger charge is -2.15. The van der Waals surface area contributed by atoms with E-state index in [0.29, 0.717) is 5.56 Å². The van der Waals surface area contributed by atoms with E-state index in [0.717, 1.165) is 21.2 Å². The van der Waals surface area contributed by atoms with Crippen molar-refractivity contribution in [3.8, 4) is 0 Å². The van der Waals surface area contributed by atoms with Crippen molar-refractivity contribution in [3.63, 3.8) is 0 Å². The second kappa shape index (κ2) is 7.42. The fraction of sp³-hybridized carbons (Fsp3) is 0.222. The van der Waals surface area contributed by atoms with Gasteiger partial charge >= 0.3 is 5.97 Å². The average molecular weight is 376 g/mol. The Morgan fingerprint density at radius 1 is 1.13 bits per heavy atom. The maximum atomic E-state index is 12.3. The number of hydrogen-bond donors (Lipinski definition) is 2. The van der Waals surface area contributed by atoms with Gasteiger partial charge in [-0.2, -0.15) is 0 Å². The smallest absolute Gasteiger partial charge is 0.326 e. The zero-order valence-corrected chi connectivity index (χ0v) is 14.6. The van der Waals surface area contributed by atoms with Crippen LogP contribution >= 0.6 is 15.9 Å². The quantitative estimate of drug-likeness (QED) is 0.840. The fourth-order valence-electron chi connectivity index (χ4n) is 2.45. The maximum absolute atomic E-state index is 12.3. The number of amides is 1. The zero-order chi connectivity index (χ0) is 17.0. The molecule has 2 N–H and O–H groups in total. The summed E-state index contributed by atoms with van der Waals surface area (Å²) in [6.45, 7) is 3.81. The molecular formula is C18H18BrNO3. The Hall–Kier alpha value is -2.14. The van der Waals surface area contributed by atoms with E-state index in [1.54, 1.807) is 12.1 Å². The van der Waals surface area contributed by atoms with E-state index in [4.69, 9.17) is 0 Å². The van der Waals surface area contributed by atoms with Crippen LogP contribution in [0.5, 0.6) is 0 Å². The number of carbonyl (C=O) groups excluding carboxylic acids is 1. The van der Waals surface area contributed by atoms with E-state index < -0.39 is 12.0 Å². The largest absolute Gasteiger partial charge is 0.480 e. The first-order chi connectivity index (χ1) is 10.8. The Morgan fingerprint density at radius 3 is 2.35 bits per heavy atom. The second-order valence-electron chi connectivity index (χ2n) is 5.57. The van der Waals surface area contributed by atoms with E-state index in [1.807, 2.05) is 44.2 Å². The second-order valence-corrected chi connectivity index (χ2v) is 6.49. The number of aryl methyl sites for hydroxylation is 2. The number of aliphatic carboxylic acids is 1. The van der Waals surface area contributed by atoms with Crippen molar-refractivity contribution in [2.24, 2.45) is 0 Å². The minimum atomic E-state index is -1.05. The third-order valence-corrected chi connectivity index (χ3v) is 3.91. The molecule has 1 amide bonds. The number of halogens is 1. The Labute approximate surface area is 143 Å². The number of rotatable bonds is 5. The molecule has 0 saturated carbocycles. The van der Waals surface area contributed by atoms with Gasteiger partial charge in [-0.1, -0.05) is 45.3 Å². The Balaban J connectivity index is 2.15. The van der Waals surface area contributed by atoms with Gasteiger partial charge in [-0.25, -0.2) is 4.79 Å². The van der Waals surface area contributed by atoms with Crippen LogP contribution in [0, 0.1) is 13.8 Å². The molecule has 2 aromatic carbocycles. The van der Waals surface area contributed by atoms with Crippen molar-refractivity contribution in [1.82, 2.24) is 5.32 Å². The number of benzene rings is 2. The molecule has 1 atom stereocenters. The molecule has 0 aromatic heterocycles. The van der Waals surface area contributed by atoms with Crippen LogP contribution in [0.4, 0.5) is 0 Å². The number of carboxylic acid groups (broad SMARTS) is 1. The number of carbonyl (C=O) groups is 2. The standard InChI is InChI=1S/C18H18BrNO3/c1-11-6-12(2)8-14(7-11)17(21)20-16(18(22)23)10-13-4-3-5-15(19)9-13/h3-9,16H,10H2,1-2H3,(H,20,21)(H,22,23)/t16-/m0/s1. The van der Waals surface area contributed by atoms with Gasteiger partial charge in [-0.05, 0) is 43.7 Å². The summed E-state index contributed by atoms with van der Waals surface area (Å²) < 4.78 is 0.875. The van der Waals surface area contributed by atoms with Crippen LogP contribution in [0.25, 0.3) is 0 Å². The highest BCUT2D eigenvalue weighted by molar-refractivity contribution is 9.10. The molecule has 0 radical (unpaired) electrons. The summed E-state index contributed by atoms with van der Waals surface area (Å²) in [6, 6.07) is 11.9. The predicted octanol–water partition coefficient (Wildman–Crippen LogP) is 3.49. The molecule has 2 aromatic rings. The SMILES string of the molecule is Cc1cc(C)cc(C(=O)N[C@@H](Cc2cccc(Br)c2)C(=O)O)c1. The Kier molecular flexibility index (Phi) is 5.55. The summed E-state index contributed by atoms with van der Waals surface area (Å²) in [5.74, 6) is -1.43. The topological polar surface area (TPSA) is 66.4 Å². The van der Waals surface area contributed by atoms with Crippen molar-refractivity contribution in [2.45, 2.75) is 26.3 Å². The van der Waals surface area contributed by atoms with Crippen molar-refractivity contribution >= 4 is 27.8 Å². The van der Waals surface area contributed by atoms with E-state index in [1.165, 1.54) is 0 Å². The molecule has 120 valence electrons. The van der Waals surface area contributed by atoms with Crippen molar-refractivity contribution in [3.05, 3.63) is 69.2 Å². The zero-order valence-electron chi connectivity index (χ0n) is 13.0. The van der Waals surface area contributed by atoms with Gasteiger partial charge in [0.25, 0.3) is 5.91 Å². The first-order valence-corrected chi connectivity index (χ1v) is 8.01. The summed E-state index contributed by atoms with van der Waals surface area (Å²) in [5.41, 5.74) is 3.25. The molecule has 0 spiro atoms. The van der Waals surface area contributed by atoms with Crippen molar-refractivity contribution < 1.29 is 14.7 Å². The monoisotopic (exact) mass is 375 g/mol. The van der Waals surface area contributed by atoms with Gasteiger partial charge in [0.05, 0.1) is 0 Å². The van der Waals surface area contributed by atoms with Gasteiger partial charge < -0.3 is 10.4 Å². The van der Waals surface area contributed by atoms with Crippen LogP contribution in [-0.4, -0.2) is 23.0 Å². The van der Waals surface area contributed by atoms with Gasteiger partial charge in [0, 0.05) is 16.5 Å². The average Bonchev–Trinajstić information content (AvgIpc) is 2.45. The first kappa shape index (κ1) is 17.2. The maximum Gasteiger partial charge on any atom is 0.326 e. The van der Waals surface area contributed by atoms with E-state index in [2.05, 4.69) is 21.2 Å². The molecule has 2 rings (SSSR count). The molecular weight excluding hydrogens is 358 g/mol. The minimum Gasteiger partial charge on any atom is -0.480 e. The van der Waals surface area contributed by atoms with Crippen LogP contribution < -0.4 is 5.32 Å². The third kappa shape index (κ3) is 4.93. The van der Waals surface area contributed by atoms with Gasteiger partial charge in [-0.15, -0.1) is 0 Å². The molecule has 0 aliphatic rings. The normalized spacial score (nSPS) is 11.8. The van der Waals surface area contributed by atoms with Crippen molar-refractivity contribution in [1.29, 1.82) is 0 Å². The fourth-order valence-corrected chi connectivity index (χ4v) is 2.89. The summed E-state index contributed by atoms with van der Waals surface area (Å²) in [7, 11) is 0. The lowest BCUT2D eigenvalue weighted by Crippen LogP contribution is -2.42. The lowest BCUT2D eigenvalue weighted by atomic mass is 10.0. The van der Waals surface area contributed by atoms with Crippen molar-refractivity contribution in [2.75, 3.05) is 0 Å². The van der Waals surface area contributed by atoms with Crippen LogP contribution in [0.2, 0.25) is 0 Å². The molecule has 0 aliphatic heterocycles. The molecule has 0 bridgehead atoms. The minimum absolute atomic E-state index is 0.227. The molecule has 23 heavy (non-hydrogen) atoms. The van der Waals surface area contributed by atoms with Gasteiger partial charge in [-0.3, -0.25) is 4.79 Å². The summed E-state index contributed by atoms with van der Waals surface area (Å²) in [4.78, 5) is 23.8. The Bertz CT molecular complexity index is 723. The van der Waals surface area contributed by atoms with Crippen LogP contribution in [0.15, 0.2) is 46.9 Å². The lowest BCUT2D eigenvalue weighted by molar-refractivity contribution is -0.139. The number of hydrogen-bond acceptors (Lipinski definition) is 2. The molecule has 0 saturated heterocycles. The molecule has 4 nitrogen and oxygen atoms in total. The van der Waals surface area contributed by atoms with E-state index in [9.17, 15) is 14.7 Å². The molecule has 0 heterocycles. The van der Waals surface area contributed by atoms with Crippen LogP contribution in [0.3, 0.4) is 0 Å². The molecule has 0 fully saturated rings. The number of carboxylic acids is 1. The van der Waals surface area contributed by atoms with Crippen LogP contribution in [0.1, 0.15) is 27.0 Å². The first-order valence-electron chi connectivity index (χ1n) is 7.21. The Morgan fingerprint density at radius 2 is 1.78 bits per heavy atom. The highest BCUT2D eigenvalue weighted by Crippen LogP contribution is 2.14. The van der Waals surface area contributed by atoms with Gasteiger partial charge in [0.15, 0.2) is 0 Å². The summed E-state index contributed by atoms with van der Waals surface area (Å²) >= 11 is 3.36. The summed E-state index contributed by atoms with van der Waals surface area (Å²) in [5, 5.41) is 12.0. The predicted molar refractivity (Wildman–Crippen MR) is 92.7 cm³/mol. The van der Waals surface area contributed by atoms with Crippen LogP contribution in [-0.2, 0) is 11.2 Å². The van der Waals surface area contributed by atoms with Gasteiger partial charge in [0.2, 0.25) is 0 Å². The molecule has 0 unspecified atom stereocenters. The van der Waals surface area contributed by atoms with E-state index in [-0.39, 0.29) is 12.3 Å². The molecule has 0 aliphatic carbocycles. The van der Waals surface area contributed by atoms with E-state index >= 15 is 0 Å². The number of nitrogens with one attached hydrogen (secondary N) is 1. The summed E-state index contributed by atoms with van der Waals surface area (Å²) in [6.07, 6.45) is 0.227. The van der Waals surface area contributed by atoms with Gasteiger partial charge in [0.1, 0.15) is 6.04 Å². The highest BCUT2D eigenvalue weighted by Gasteiger charge is 2.21. The third-order valence-electron chi connectivity index (χ3n) is 3.42. The molecule has 5 heteroatoms. The highest BCUT2D eigenvalue weighted by atomic mass is 79.9.